The normalized spacial score (nSPS) is 22.6. The Kier molecular flexibility index (Phi) is 4.77. The number of nitrogens with zero attached hydrogens (tertiary/aromatic N) is 1. The van der Waals surface area contributed by atoms with Gasteiger partial charge in [-0.2, -0.15) is 0 Å². The van der Waals surface area contributed by atoms with Gasteiger partial charge in [-0.3, -0.25) is 18.9 Å². The minimum absolute atomic E-state index is 0.0214. The lowest BCUT2D eigenvalue weighted by Gasteiger charge is -2.16. The van der Waals surface area contributed by atoms with Crippen molar-refractivity contribution in [2.45, 2.75) is 31.8 Å². The van der Waals surface area contributed by atoms with Gasteiger partial charge in [-0.1, -0.05) is 0 Å². The van der Waals surface area contributed by atoms with E-state index in [1.54, 1.807) is 0 Å². The lowest BCUT2D eigenvalue weighted by molar-refractivity contribution is -0.0245. The van der Waals surface area contributed by atoms with Gasteiger partial charge in [0.2, 0.25) is 0 Å². The van der Waals surface area contributed by atoms with E-state index in [1.165, 1.54) is 6.20 Å². The molecule has 0 spiro atoms. The molecule has 0 amide bonds. The Morgan fingerprint density at radius 2 is 2.14 bits per heavy atom. The van der Waals surface area contributed by atoms with Crippen LogP contribution >= 0.6 is 7.82 Å². The second kappa shape index (κ2) is 6.22. The second-order valence-electron chi connectivity index (χ2n) is 4.56. The number of phosphoric acid groups is 1. The van der Waals surface area contributed by atoms with E-state index in [4.69, 9.17) is 19.6 Å². The van der Waals surface area contributed by atoms with Crippen molar-refractivity contribution in [2.75, 3.05) is 6.61 Å². The van der Waals surface area contributed by atoms with E-state index < -0.39 is 38.0 Å². The van der Waals surface area contributed by atoms with Gasteiger partial charge in [-0.15, -0.1) is 0 Å². The summed E-state index contributed by atoms with van der Waals surface area (Å²) in [5.74, 6) is 0. The quantitative estimate of drug-likeness (QED) is 0.494. The Labute approximate surface area is 118 Å². The molecule has 11 heteroatoms. The molecule has 0 saturated carbocycles. The highest BCUT2D eigenvalue weighted by Crippen LogP contribution is 2.37. The van der Waals surface area contributed by atoms with Crippen LogP contribution in [0.2, 0.25) is 0 Å². The number of aliphatic hydroxyl groups excluding tert-OH is 1. The van der Waals surface area contributed by atoms with Crippen LogP contribution in [0, 0.1) is 0 Å². The zero-order valence-electron chi connectivity index (χ0n) is 10.8. The largest absolute Gasteiger partial charge is 0.469 e. The molecule has 1 aromatic heterocycles. The van der Waals surface area contributed by atoms with E-state index in [9.17, 15) is 14.2 Å². The summed E-state index contributed by atoms with van der Waals surface area (Å²) in [6.07, 6.45) is 0.790. The Balaban J connectivity index is 2.09. The van der Waals surface area contributed by atoms with Gasteiger partial charge in [0.1, 0.15) is 6.23 Å². The summed E-state index contributed by atoms with van der Waals surface area (Å²) in [5, 5.41) is 9.02. The van der Waals surface area contributed by atoms with Crippen LogP contribution in [0.25, 0.3) is 0 Å². The summed E-state index contributed by atoms with van der Waals surface area (Å²) in [6.45, 7) is -0.821. The van der Waals surface area contributed by atoms with Crippen molar-refractivity contribution in [1.82, 2.24) is 9.55 Å². The molecule has 2 heterocycles. The fourth-order valence-corrected chi connectivity index (χ4v) is 2.41. The van der Waals surface area contributed by atoms with Gasteiger partial charge >= 0.3 is 13.5 Å². The van der Waals surface area contributed by atoms with Crippen LogP contribution in [-0.2, 0) is 20.4 Å². The van der Waals surface area contributed by atoms with Crippen molar-refractivity contribution >= 4 is 7.82 Å². The van der Waals surface area contributed by atoms with Gasteiger partial charge < -0.3 is 19.6 Å². The first-order valence-electron chi connectivity index (χ1n) is 6.11. The van der Waals surface area contributed by atoms with E-state index >= 15 is 0 Å². The lowest BCUT2D eigenvalue weighted by Crippen LogP contribution is -2.34. The van der Waals surface area contributed by atoms with E-state index in [-0.39, 0.29) is 12.2 Å². The molecule has 2 unspecified atom stereocenters. The third-order valence-corrected chi connectivity index (χ3v) is 3.52. The Morgan fingerprint density at radius 3 is 2.76 bits per heavy atom. The van der Waals surface area contributed by atoms with Crippen LogP contribution < -0.4 is 11.2 Å². The summed E-state index contributed by atoms with van der Waals surface area (Å²) >= 11 is 0. The average molecular weight is 322 g/mol. The standard InChI is InChI=1S/C10H15N2O8P/c13-4-6-3-12(10(15)11-9(6)14)8-2-1-7(20-8)5-19-21(16,17)18/h3,7-8,13H,1-2,4-5H2,(H,11,14,15)(H2,16,17,18). The van der Waals surface area contributed by atoms with Crippen LogP contribution in [-0.4, -0.2) is 37.2 Å². The molecule has 4 N–H and O–H groups in total. The smallest absolute Gasteiger partial charge is 0.391 e. The SMILES string of the molecule is O=c1[nH]c(=O)n(C2CCC(COP(=O)(O)O)O2)cc1CO. The Bertz CT molecular complexity index is 662. The molecule has 21 heavy (non-hydrogen) atoms. The summed E-state index contributed by atoms with van der Waals surface area (Å²) in [7, 11) is -4.57. The first-order chi connectivity index (χ1) is 9.80. The van der Waals surface area contributed by atoms with Crippen LogP contribution in [0.1, 0.15) is 24.6 Å². The number of aromatic nitrogens is 2. The molecule has 1 fully saturated rings. The van der Waals surface area contributed by atoms with Crippen LogP contribution in [0.15, 0.2) is 15.8 Å². The number of hydrogen-bond acceptors (Lipinski definition) is 6. The lowest BCUT2D eigenvalue weighted by atomic mass is 10.2. The predicted octanol–water partition coefficient (Wildman–Crippen LogP) is -1.18. The second-order valence-corrected chi connectivity index (χ2v) is 5.79. The molecular weight excluding hydrogens is 307 g/mol. The molecule has 0 aliphatic carbocycles. The maximum absolute atomic E-state index is 11.7. The van der Waals surface area contributed by atoms with Crippen molar-refractivity contribution < 1.29 is 28.7 Å². The fourth-order valence-electron chi connectivity index (χ4n) is 2.05. The highest BCUT2D eigenvalue weighted by molar-refractivity contribution is 7.46. The maximum Gasteiger partial charge on any atom is 0.469 e. The third-order valence-electron chi connectivity index (χ3n) is 3.04. The van der Waals surface area contributed by atoms with Crippen LogP contribution in [0.4, 0.5) is 0 Å². The Morgan fingerprint density at radius 1 is 1.43 bits per heavy atom. The molecule has 2 atom stereocenters. The monoisotopic (exact) mass is 322 g/mol. The highest BCUT2D eigenvalue weighted by atomic mass is 31.2. The number of phosphoric ester groups is 1. The minimum Gasteiger partial charge on any atom is -0.391 e. The van der Waals surface area contributed by atoms with Crippen LogP contribution in [0.3, 0.4) is 0 Å². The number of hydrogen-bond donors (Lipinski definition) is 4. The van der Waals surface area contributed by atoms with Crippen molar-refractivity contribution in [2.24, 2.45) is 0 Å². The molecular formula is C10H15N2O8P. The van der Waals surface area contributed by atoms with Gasteiger partial charge in [0, 0.05) is 6.20 Å². The van der Waals surface area contributed by atoms with Crippen molar-refractivity contribution in [1.29, 1.82) is 0 Å². The molecule has 1 aliphatic rings. The van der Waals surface area contributed by atoms with E-state index in [0.717, 1.165) is 4.57 Å². The third kappa shape index (κ3) is 4.10. The number of nitrogens with one attached hydrogen (secondary N) is 1. The fraction of sp³-hybridized carbons (Fsp3) is 0.600. The van der Waals surface area contributed by atoms with E-state index in [1.807, 2.05) is 0 Å². The van der Waals surface area contributed by atoms with Gasteiger partial charge in [0.05, 0.1) is 24.9 Å². The number of aromatic amines is 1. The molecule has 1 aromatic rings. The summed E-state index contributed by atoms with van der Waals surface area (Å²) in [4.78, 5) is 42.3. The number of rotatable bonds is 5. The molecule has 10 nitrogen and oxygen atoms in total. The zero-order chi connectivity index (χ0) is 15.6. The van der Waals surface area contributed by atoms with Crippen molar-refractivity contribution in [3.63, 3.8) is 0 Å². The molecule has 2 rings (SSSR count). The number of ether oxygens (including phenoxy) is 1. The van der Waals surface area contributed by atoms with E-state index in [0.29, 0.717) is 12.8 Å². The summed E-state index contributed by atoms with van der Waals surface area (Å²) in [5.41, 5.74) is -1.33. The average Bonchev–Trinajstić information content (AvgIpc) is 2.84. The number of H-pyrrole nitrogens is 1. The number of aliphatic hydroxyl groups is 1. The molecule has 0 aromatic carbocycles. The highest BCUT2D eigenvalue weighted by Gasteiger charge is 2.29. The van der Waals surface area contributed by atoms with E-state index in [2.05, 4.69) is 9.51 Å². The predicted molar refractivity (Wildman–Crippen MR) is 68.4 cm³/mol. The molecule has 1 saturated heterocycles. The topological polar surface area (TPSA) is 151 Å². The van der Waals surface area contributed by atoms with Crippen molar-refractivity contribution in [3.05, 3.63) is 32.6 Å². The zero-order valence-corrected chi connectivity index (χ0v) is 11.7. The van der Waals surface area contributed by atoms with Gasteiger partial charge in [-0.25, -0.2) is 9.36 Å². The molecule has 0 bridgehead atoms. The Hall–Kier alpha value is -1.29. The van der Waals surface area contributed by atoms with Gasteiger partial charge in [-0.05, 0) is 12.8 Å². The molecule has 0 radical (unpaired) electrons. The minimum atomic E-state index is -4.57. The van der Waals surface area contributed by atoms with Crippen LogP contribution in [0.5, 0.6) is 0 Å². The first-order valence-corrected chi connectivity index (χ1v) is 7.64. The van der Waals surface area contributed by atoms with Gasteiger partial charge in [0.15, 0.2) is 0 Å². The molecule has 118 valence electrons. The summed E-state index contributed by atoms with van der Waals surface area (Å²) in [6, 6.07) is 0. The molecule has 1 aliphatic heterocycles. The van der Waals surface area contributed by atoms with Gasteiger partial charge in [0.25, 0.3) is 5.56 Å². The summed E-state index contributed by atoms with van der Waals surface area (Å²) < 4.78 is 21.5. The van der Waals surface area contributed by atoms with Crippen molar-refractivity contribution in [3.8, 4) is 0 Å². The maximum atomic E-state index is 11.7. The first kappa shape index (κ1) is 16.1.